The first kappa shape index (κ1) is 18.4. The number of sulfone groups is 1. The van der Waals surface area contributed by atoms with Gasteiger partial charge in [-0.2, -0.15) is 0 Å². The van der Waals surface area contributed by atoms with Crippen molar-refractivity contribution < 1.29 is 13.2 Å². The highest BCUT2D eigenvalue weighted by atomic mass is 32.2. The zero-order valence-corrected chi connectivity index (χ0v) is 14.6. The van der Waals surface area contributed by atoms with E-state index in [0.717, 1.165) is 24.8 Å². The summed E-state index contributed by atoms with van der Waals surface area (Å²) in [5.74, 6) is 0. The second kappa shape index (κ2) is 7.60. The lowest BCUT2D eigenvalue weighted by Crippen LogP contribution is -2.37. The number of urea groups is 1. The van der Waals surface area contributed by atoms with E-state index in [2.05, 4.69) is 15.5 Å². The number of amides is 2. The molecule has 0 bridgehead atoms. The molecule has 0 saturated heterocycles. The molecule has 2 N–H and O–H groups in total. The molecule has 0 aliphatic carbocycles. The first-order valence-electron chi connectivity index (χ1n) is 7.12. The van der Waals surface area contributed by atoms with Gasteiger partial charge in [0.25, 0.3) is 0 Å². The molecule has 1 rings (SSSR count). The monoisotopic (exact) mass is 327 g/mol. The summed E-state index contributed by atoms with van der Waals surface area (Å²) in [4.78, 5) is 14.2. The van der Waals surface area contributed by atoms with Crippen LogP contribution in [0, 0.1) is 6.92 Å². The van der Waals surface area contributed by atoms with Crippen LogP contribution in [-0.2, 0) is 9.84 Å². The summed E-state index contributed by atoms with van der Waals surface area (Å²) in [5.41, 5.74) is 1.31. The highest BCUT2D eigenvalue weighted by Crippen LogP contribution is 2.20. The topological polar surface area (TPSA) is 78.5 Å². The molecule has 6 nitrogen and oxygen atoms in total. The molecule has 1 aromatic rings. The minimum atomic E-state index is -3.30. The van der Waals surface area contributed by atoms with Gasteiger partial charge in [-0.3, -0.25) is 0 Å². The Morgan fingerprint density at radius 3 is 2.50 bits per heavy atom. The number of rotatable bonds is 6. The Morgan fingerprint density at radius 1 is 1.32 bits per heavy atom. The second-order valence-electron chi connectivity index (χ2n) is 5.84. The van der Waals surface area contributed by atoms with Crippen LogP contribution in [0.5, 0.6) is 0 Å². The predicted octanol–water partition coefficient (Wildman–Crippen LogP) is 1.86. The fourth-order valence-corrected chi connectivity index (χ4v) is 2.52. The number of nitrogens with one attached hydrogen (secondary N) is 2. The number of anilines is 1. The molecule has 0 spiro atoms. The number of aryl methyl sites for hydroxylation is 1. The number of carbonyl (C=O) groups excluding carboxylic acids is 1. The van der Waals surface area contributed by atoms with Gasteiger partial charge in [-0.25, -0.2) is 13.2 Å². The zero-order valence-electron chi connectivity index (χ0n) is 13.8. The molecule has 0 aromatic heterocycles. The molecule has 1 atom stereocenters. The van der Waals surface area contributed by atoms with Crippen molar-refractivity contribution >= 4 is 21.6 Å². The number of carbonyl (C=O) groups is 1. The first-order valence-corrected chi connectivity index (χ1v) is 9.01. The van der Waals surface area contributed by atoms with Crippen LogP contribution in [0.4, 0.5) is 10.5 Å². The van der Waals surface area contributed by atoms with Crippen LogP contribution in [0.2, 0.25) is 0 Å². The first-order chi connectivity index (χ1) is 10.1. The van der Waals surface area contributed by atoms with Gasteiger partial charge >= 0.3 is 6.03 Å². The quantitative estimate of drug-likeness (QED) is 0.836. The van der Waals surface area contributed by atoms with E-state index < -0.39 is 9.84 Å². The molecule has 7 heteroatoms. The highest BCUT2D eigenvalue weighted by Gasteiger charge is 2.12. The second-order valence-corrected chi connectivity index (χ2v) is 7.86. The van der Waals surface area contributed by atoms with E-state index in [-0.39, 0.29) is 17.0 Å². The third-order valence-electron chi connectivity index (χ3n) is 3.27. The summed E-state index contributed by atoms with van der Waals surface area (Å²) in [6, 6.07) is 4.39. The Hall–Kier alpha value is -1.60. The lowest BCUT2D eigenvalue weighted by Gasteiger charge is -2.18. The van der Waals surface area contributed by atoms with Crippen molar-refractivity contribution in [3.05, 3.63) is 23.8 Å². The van der Waals surface area contributed by atoms with Crippen LogP contribution in [0.25, 0.3) is 0 Å². The smallest absolute Gasteiger partial charge is 0.319 e. The number of nitrogens with zero attached hydrogens (tertiary/aromatic N) is 1. The van der Waals surface area contributed by atoms with Crippen LogP contribution in [-0.4, -0.2) is 52.3 Å². The maximum absolute atomic E-state index is 12.0. The van der Waals surface area contributed by atoms with Crippen molar-refractivity contribution in [3.63, 3.8) is 0 Å². The fourth-order valence-electron chi connectivity index (χ4n) is 1.87. The van der Waals surface area contributed by atoms with Crippen LogP contribution < -0.4 is 10.6 Å². The fraction of sp³-hybridized carbons (Fsp3) is 0.533. The van der Waals surface area contributed by atoms with Gasteiger partial charge in [-0.05, 0) is 58.6 Å². The summed E-state index contributed by atoms with van der Waals surface area (Å²) in [7, 11) is 0.662. The van der Waals surface area contributed by atoms with Crippen molar-refractivity contribution in [3.8, 4) is 0 Å². The molecule has 0 heterocycles. The van der Waals surface area contributed by atoms with Crippen molar-refractivity contribution in [2.45, 2.75) is 31.2 Å². The van der Waals surface area contributed by atoms with Crippen LogP contribution in [0.15, 0.2) is 23.1 Å². The minimum absolute atomic E-state index is 0.0285. The summed E-state index contributed by atoms with van der Waals surface area (Å²) in [6.07, 6.45) is 1.98. The molecule has 1 aromatic carbocycles. The summed E-state index contributed by atoms with van der Waals surface area (Å²) in [6.45, 7) is 4.63. The van der Waals surface area contributed by atoms with Gasteiger partial charge in [-0.15, -0.1) is 0 Å². The third-order valence-corrected chi connectivity index (χ3v) is 4.38. The lowest BCUT2D eigenvalue weighted by molar-refractivity contribution is 0.247. The van der Waals surface area contributed by atoms with Gasteiger partial charge in [-0.1, -0.05) is 6.07 Å². The van der Waals surface area contributed by atoms with E-state index in [9.17, 15) is 13.2 Å². The van der Waals surface area contributed by atoms with E-state index in [4.69, 9.17) is 0 Å². The van der Waals surface area contributed by atoms with Crippen molar-refractivity contribution in [2.24, 2.45) is 0 Å². The highest BCUT2D eigenvalue weighted by molar-refractivity contribution is 7.90. The van der Waals surface area contributed by atoms with E-state index in [1.807, 2.05) is 27.9 Å². The maximum Gasteiger partial charge on any atom is 0.319 e. The van der Waals surface area contributed by atoms with E-state index in [0.29, 0.717) is 5.69 Å². The van der Waals surface area contributed by atoms with E-state index in [1.54, 1.807) is 6.07 Å². The van der Waals surface area contributed by atoms with Gasteiger partial charge < -0.3 is 15.5 Å². The number of hydrogen-bond donors (Lipinski definition) is 2. The summed E-state index contributed by atoms with van der Waals surface area (Å²) >= 11 is 0. The Bertz CT molecular complexity index is 627. The van der Waals surface area contributed by atoms with Crippen LogP contribution in [0.1, 0.15) is 18.9 Å². The van der Waals surface area contributed by atoms with E-state index in [1.165, 1.54) is 12.1 Å². The van der Waals surface area contributed by atoms with Crippen molar-refractivity contribution in [1.82, 2.24) is 10.2 Å². The lowest BCUT2D eigenvalue weighted by atomic mass is 10.2. The molecule has 0 unspecified atom stereocenters. The molecule has 22 heavy (non-hydrogen) atoms. The third kappa shape index (κ3) is 6.03. The van der Waals surface area contributed by atoms with Gasteiger partial charge in [0.15, 0.2) is 9.84 Å². The molecular formula is C15H25N3O3S. The molecule has 0 radical (unpaired) electrons. The number of hydrogen-bond acceptors (Lipinski definition) is 4. The molecule has 0 aliphatic heterocycles. The average molecular weight is 327 g/mol. The minimum Gasteiger partial charge on any atom is -0.335 e. The number of benzene rings is 1. The van der Waals surface area contributed by atoms with Gasteiger partial charge in [0.2, 0.25) is 0 Å². The molecule has 2 amide bonds. The van der Waals surface area contributed by atoms with Gasteiger partial charge in [0, 0.05) is 18.0 Å². The standard InChI is InChI=1S/C15H25N3O3S/c1-11-6-7-13(22(5,20)21)10-14(11)17-15(19)16-12(2)8-9-18(3)4/h6-7,10,12H,8-9H2,1-5H3,(H2,16,17,19)/t12-/m1/s1. The molecule has 0 saturated carbocycles. The summed E-state index contributed by atoms with van der Waals surface area (Å²) < 4.78 is 23.2. The molecule has 0 aliphatic rings. The molecule has 0 fully saturated rings. The normalized spacial score (nSPS) is 13.0. The Kier molecular flexibility index (Phi) is 6.37. The Labute approximate surface area is 132 Å². The molecule has 124 valence electrons. The van der Waals surface area contributed by atoms with Crippen LogP contribution in [0.3, 0.4) is 0 Å². The SMILES string of the molecule is Cc1ccc(S(C)(=O)=O)cc1NC(=O)N[C@H](C)CCN(C)C. The van der Waals surface area contributed by atoms with E-state index >= 15 is 0 Å². The van der Waals surface area contributed by atoms with Crippen LogP contribution >= 0.6 is 0 Å². The van der Waals surface area contributed by atoms with Crippen molar-refractivity contribution in [1.29, 1.82) is 0 Å². The average Bonchev–Trinajstić information content (AvgIpc) is 2.37. The van der Waals surface area contributed by atoms with Gasteiger partial charge in [0.05, 0.1) is 4.90 Å². The maximum atomic E-state index is 12.0. The predicted molar refractivity (Wildman–Crippen MR) is 89.1 cm³/mol. The van der Waals surface area contributed by atoms with Crippen molar-refractivity contribution in [2.75, 3.05) is 32.2 Å². The Morgan fingerprint density at radius 2 is 1.95 bits per heavy atom. The Balaban J connectivity index is 2.72. The zero-order chi connectivity index (χ0) is 16.9. The molecular weight excluding hydrogens is 302 g/mol. The largest absolute Gasteiger partial charge is 0.335 e. The van der Waals surface area contributed by atoms with Gasteiger partial charge in [0.1, 0.15) is 0 Å². The summed E-state index contributed by atoms with van der Waals surface area (Å²) in [5, 5.41) is 5.56.